The number of hydrogen-bond donors (Lipinski definition) is 0. The lowest BCUT2D eigenvalue weighted by molar-refractivity contribution is 0.0719. The highest BCUT2D eigenvalue weighted by atomic mass is 16.5. The maximum atomic E-state index is 12.5. The molecule has 0 amide bonds. The molecule has 0 heterocycles. The monoisotopic (exact) mass is 478 g/mol. The number of methoxy groups -OCH3 is 2. The fourth-order valence-corrected chi connectivity index (χ4v) is 3.28. The van der Waals surface area contributed by atoms with Gasteiger partial charge < -0.3 is 23.7 Å². The van der Waals surface area contributed by atoms with Crippen molar-refractivity contribution in [2.75, 3.05) is 20.8 Å². The van der Waals surface area contributed by atoms with Crippen LogP contribution in [-0.2, 0) is 0 Å². The third-order valence-electron chi connectivity index (χ3n) is 5.22. The van der Waals surface area contributed by atoms with Crippen molar-refractivity contribution in [3.05, 3.63) is 77.9 Å². The van der Waals surface area contributed by atoms with E-state index in [0.29, 0.717) is 40.7 Å². The number of benzene rings is 3. The van der Waals surface area contributed by atoms with Gasteiger partial charge in [-0.15, -0.1) is 0 Å². The summed E-state index contributed by atoms with van der Waals surface area (Å²) in [6.45, 7) is 2.83. The minimum Gasteiger partial charge on any atom is -0.494 e. The molecule has 0 aliphatic carbocycles. The van der Waals surface area contributed by atoms with E-state index in [9.17, 15) is 9.59 Å². The van der Waals surface area contributed by atoms with Crippen LogP contribution in [0, 0.1) is 0 Å². The molecule has 0 bridgehead atoms. The van der Waals surface area contributed by atoms with Gasteiger partial charge in [0.05, 0.1) is 32.0 Å². The van der Waals surface area contributed by atoms with Gasteiger partial charge in [0.25, 0.3) is 0 Å². The van der Waals surface area contributed by atoms with E-state index >= 15 is 0 Å². The van der Waals surface area contributed by atoms with Crippen molar-refractivity contribution in [3.8, 4) is 28.7 Å². The van der Waals surface area contributed by atoms with Crippen LogP contribution in [0.25, 0.3) is 0 Å². The van der Waals surface area contributed by atoms with Crippen LogP contribution in [0.1, 0.15) is 53.3 Å². The second-order valence-electron chi connectivity index (χ2n) is 7.75. The Morgan fingerprint density at radius 1 is 0.629 bits per heavy atom. The molecule has 7 heteroatoms. The second kappa shape index (κ2) is 13.0. The minimum atomic E-state index is -0.552. The average molecular weight is 479 g/mol. The second-order valence-corrected chi connectivity index (χ2v) is 7.75. The Labute approximate surface area is 205 Å². The Hall–Kier alpha value is -4.00. The fourth-order valence-electron chi connectivity index (χ4n) is 3.28. The van der Waals surface area contributed by atoms with Gasteiger partial charge in [0, 0.05) is 0 Å². The van der Waals surface area contributed by atoms with Crippen molar-refractivity contribution >= 4 is 11.9 Å². The summed E-state index contributed by atoms with van der Waals surface area (Å²) in [5.74, 6) is 1.26. The summed E-state index contributed by atoms with van der Waals surface area (Å²) >= 11 is 0. The molecule has 0 atom stereocenters. The molecule has 35 heavy (non-hydrogen) atoms. The molecule has 0 aliphatic rings. The maximum absolute atomic E-state index is 12.5. The molecule has 0 N–H and O–H groups in total. The molecule has 0 spiro atoms. The van der Waals surface area contributed by atoms with E-state index in [1.54, 1.807) is 66.7 Å². The fraction of sp³-hybridized carbons (Fsp3) is 0.286. The molecule has 3 aromatic rings. The Kier molecular flexibility index (Phi) is 9.54. The van der Waals surface area contributed by atoms with E-state index < -0.39 is 11.9 Å². The van der Waals surface area contributed by atoms with Crippen LogP contribution >= 0.6 is 0 Å². The summed E-state index contributed by atoms with van der Waals surface area (Å²) in [5, 5.41) is 0. The van der Waals surface area contributed by atoms with Gasteiger partial charge in [-0.3, -0.25) is 0 Å². The first kappa shape index (κ1) is 25.6. The molecule has 0 aromatic heterocycles. The molecule has 0 saturated carbocycles. The van der Waals surface area contributed by atoms with E-state index in [2.05, 4.69) is 6.92 Å². The number of unbranched alkanes of at least 4 members (excludes halogenated alkanes) is 3. The largest absolute Gasteiger partial charge is 0.494 e. The van der Waals surface area contributed by atoms with Crippen molar-refractivity contribution in [3.63, 3.8) is 0 Å². The zero-order valence-electron chi connectivity index (χ0n) is 20.2. The van der Waals surface area contributed by atoms with Crippen molar-refractivity contribution in [2.24, 2.45) is 0 Å². The number of ether oxygens (including phenoxy) is 5. The van der Waals surface area contributed by atoms with Crippen LogP contribution < -0.4 is 23.7 Å². The lowest BCUT2D eigenvalue weighted by atomic mass is 10.2. The summed E-state index contributed by atoms with van der Waals surface area (Å²) < 4.78 is 26.9. The third kappa shape index (κ3) is 7.50. The third-order valence-corrected chi connectivity index (χ3v) is 5.22. The highest BCUT2D eigenvalue weighted by molar-refractivity contribution is 5.92. The van der Waals surface area contributed by atoms with E-state index in [1.807, 2.05) is 0 Å². The molecule has 184 valence electrons. The van der Waals surface area contributed by atoms with Gasteiger partial charge in [0.2, 0.25) is 0 Å². The van der Waals surface area contributed by atoms with Gasteiger partial charge in [-0.05, 0) is 73.2 Å². The number of rotatable bonds is 12. The Morgan fingerprint density at radius 2 is 1.17 bits per heavy atom. The van der Waals surface area contributed by atoms with Crippen LogP contribution in [0.15, 0.2) is 66.7 Å². The molecule has 0 saturated heterocycles. The van der Waals surface area contributed by atoms with Crippen LogP contribution in [-0.4, -0.2) is 32.8 Å². The number of hydrogen-bond acceptors (Lipinski definition) is 7. The zero-order chi connectivity index (χ0) is 25.0. The Morgan fingerprint density at radius 3 is 1.74 bits per heavy atom. The molecular weight excluding hydrogens is 448 g/mol. The first-order chi connectivity index (χ1) is 17.0. The number of esters is 2. The zero-order valence-corrected chi connectivity index (χ0v) is 20.2. The van der Waals surface area contributed by atoms with Gasteiger partial charge in [-0.2, -0.15) is 0 Å². The SMILES string of the molecule is CCCCCCOc1ccc(C(=O)Oc2ccc(OC(=O)c3ccc(OC)c(OC)c3)cc2)cc1. The van der Waals surface area contributed by atoms with Gasteiger partial charge in [0.15, 0.2) is 11.5 Å². The Bertz CT molecular complexity index is 1110. The van der Waals surface area contributed by atoms with Gasteiger partial charge in [0.1, 0.15) is 17.2 Å². The van der Waals surface area contributed by atoms with Gasteiger partial charge >= 0.3 is 11.9 Å². The predicted octanol–water partition coefficient (Wildman–Crippen LogP) is 6.10. The van der Waals surface area contributed by atoms with Crippen molar-refractivity contribution < 1.29 is 33.3 Å². The standard InChI is InChI=1S/C28H30O7/c1-4-5-6-7-18-33-22-11-8-20(9-12-22)27(29)34-23-13-15-24(16-14-23)35-28(30)21-10-17-25(31-2)26(19-21)32-3/h8-17,19H,4-7,18H2,1-3H3. The first-order valence-corrected chi connectivity index (χ1v) is 11.5. The summed E-state index contributed by atoms with van der Waals surface area (Å²) in [4.78, 5) is 24.9. The number of carbonyl (C=O) groups excluding carboxylic acids is 2. The average Bonchev–Trinajstić information content (AvgIpc) is 2.89. The van der Waals surface area contributed by atoms with Gasteiger partial charge in [-0.25, -0.2) is 9.59 Å². The maximum Gasteiger partial charge on any atom is 0.343 e. The highest BCUT2D eigenvalue weighted by Gasteiger charge is 2.14. The van der Waals surface area contributed by atoms with Crippen molar-refractivity contribution in [2.45, 2.75) is 32.6 Å². The minimum absolute atomic E-state index is 0.310. The van der Waals surface area contributed by atoms with E-state index in [-0.39, 0.29) is 0 Å². The molecular formula is C28H30O7. The van der Waals surface area contributed by atoms with E-state index in [0.717, 1.165) is 18.6 Å². The summed E-state index contributed by atoms with van der Waals surface area (Å²) in [6.07, 6.45) is 4.55. The first-order valence-electron chi connectivity index (χ1n) is 11.5. The smallest absolute Gasteiger partial charge is 0.343 e. The normalized spacial score (nSPS) is 10.4. The van der Waals surface area contributed by atoms with Crippen LogP contribution in [0.2, 0.25) is 0 Å². The summed E-state index contributed by atoms with van der Waals surface area (Å²) in [5.41, 5.74) is 0.721. The molecule has 0 unspecified atom stereocenters. The summed E-state index contributed by atoms with van der Waals surface area (Å²) in [7, 11) is 3.01. The quantitative estimate of drug-likeness (QED) is 0.177. The van der Waals surface area contributed by atoms with Crippen LogP contribution in [0.3, 0.4) is 0 Å². The molecule has 0 radical (unpaired) electrons. The van der Waals surface area contributed by atoms with Crippen molar-refractivity contribution in [1.82, 2.24) is 0 Å². The van der Waals surface area contributed by atoms with Crippen LogP contribution in [0.4, 0.5) is 0 Å². The Balaban J connectivity index is 1.52. The topological polar surface area (TPSA) is 80.3 Å². The lowest BCUT2D eigenvalue weighted by Crippen LogP contribution is -2.10. The summed E-state index contributed by atoms with van der Waals surface area (Å²) in [6, 6.07) is 17.8. The molecule has 3 aromatic carbocycles. The van der Waals surface area contributed by atoms with Gasteiger partial charge in [-0.1, -0.05) is 26.2 Å². The highest BCUT2D eigenvalue weighted by Crippen LogP contribution is 2.28. The van der Waals surface area contributed by atoms with E-state index in [1.165, 1.54) is 27.1 Å². The van der Waals surface area contributed by atoms with Crippen molar-refractivity contribution in [1.29, 1.82) is 0 Å². The molecule has 7 nitrogen and oxygen atoms in total. The molecule has 0 aliphatic heterocycles. The molecule has 3 rings (SSSR count). The lowest BCUT2D eigenvalue weighted by Gasteiger charge is -2.10. The van der Waals surface area contributed by atoms with E-state index in [4.69, 9.17) is 23.7 Å². The van der Waals surface area contributed by atoms with Crippen LogP contribution in [0.5, 0.6) is 28.7 Å². The number of carbonyl (C=O) groups is 2. The predicted molar refractivity (Wildman–Crippen MR) is 132 cm³/mol. The molecule has 0 fully saturated rings.